The summed E-state index contributed by atoms with van der Waals surface area (Å²) in [7, 11) is 0. The van der Waals surface area contributed by atoms with E-state index < -0.39 is 0 Å². The van der Waals surface area contributed by atoms with Gasteiger partial charge >= 0.3 is 0 Å². The van der Waals surface area contributed by atoms with Crippen molar-refractivity contribution in [2.24, 2.45) is 0 Å². The van der Waals surface area contributed by atoms with Crippen molar-refractivity contribution < 1.29 is 4.79 Å². The highest BCUT2D eigenvalue weighted by molar-refractivity contribution is 6.31. The standard InChI is InChI=1S/C22H18ClN5O/c1-2-25-22(29)17-7-3-4-8-18(17)26-21-16-10-9-15(23)12-19(16)27-20(28-21)14-6-5-11-24-13-14/h3-13H,2H2,1H3,(H,25,29)(H,26,27,28). The van der Waals surface area contributed by atoms with Crippen LogP contribution in [0.2, 0.25) is 5.02 Å². The average molecular weight is 404 g/mol. The molecule has 2 aromatic carbocycles. The van der Waals surface area contributed by atoms with Crippen molar-refractivity contribution in [1.82, 2.24) is 20.3 Å². The van der Waals surface area contributed by atoms with Gasteiger partial charge in [-0.15, -0.1) is 0 Å². The molecule has 0 aliphatic heterocycles. The Bertz CT molecular complexity index is 1180. The Morgan fingerprint density at radius 3 is 2.72 bits per heavy atom. The zero-order valence-corrected chi connectivity index (χ0v) is 16.4. The molecule has 2 N–H and O–H groups in total. The van der Waals surface area contributed by atoms with Crippen LogP contribution in [0.4, 0.5) is 11.5 Å². The maximum absolute atomic E-state index is 12.4. The smallest absolute Gasteiger partial charge is 0.253 e. The molecule has 0 atom stereocenters. The molecule has 0 saturated carbocycles. The van der Waals surface area contributed by atoms with Gasteiger partial charge in [-0.2, -0.15) is 0 Å². The van der Waals surface area contributed by atoms with E-state index in [1.165, 1.54) is 0 Å². The molecule has 6 nitrogen and oxygen atoms in total. The van der Waals surface area contributed by atoms with Gasteiger partial charge in [0.25, 0.3) is 5.91 Å². The molecular formula is C22H18ClN5O. The van der Waals surface area contributed by atoms with Crippen LogP contribution in [-0.2, 0) is 0 Å². The lowest BCUT2D eigenvalue weighted by atomic mass is 10.1. The number of aromatic nitrogens is 3. The van der Waals surface area contributed by atoms with Crippen molar-refractivity contribution in [3.8, 4) is 11.4 Å². The zero-order chi connectivity index (χ0) is 20.2. The van der Waals surface area contributed by atoms with E-state index in [4.69, 9.17) is 16.6 Å². The first kappa shape index (κ1) is 18.8. The first-order chi connectivity index (χ1) is 14.2. The Morgan fingerprint density at radius 2 is 1.93 bits per heavy atom. The molecule has 7 heteroatoms. The summed E-state index contributed by atoms with van der Waals surface area (Å²) in [4.78, 5) is 25.9. The predicted molar refractivity (Wildman–Crippen MR) is 116 cm³/mol. The molecule has 0 bridgehead atoms. The third kappa shape index (κ3) is 4.02. The third-order valence-corrected chi connectivity index (χ3v) is 4.58. The van der Waals surface area contributed by atoms with Crippen LogP contribution in [0.3, 0.4) is 0 Å². The third-order valence-electron chi connectivity index (χ3n) is 4.34. The van der Waals surface area contributed by atoms with Crippen LogP contribution in [0.5, 0.6) is 0 Å². The van der Waals surface area contributed by atoms with Crippen LogP contribution in [0, 0.1) is 0 Å². The Labute approximate surface area is 173 Å². The van der Waals surface area contributed by atoms with E-state index in [0.717, 1.165) is 10.9 Å². The summed E-state index contributed by atoms with van der Waals surface area (Å²) in [6.45, 7) is 2.43. The Kier molecular flexibility index (Phi) is 5.35. The topological polar surface area (TPSA) is 79.8 Å². The van der Waals surface area contributed by atoms with Gasteiger partial charge in [-0.05, 0) is 49.4 Å². The first-order valence-corrected chi connectivity index (χ1v) is 9.55. The highest BCUT2D eigenvalue weighted by atomic mass is 35.5. The molecule has 0 spiro atoms. The number of anilines is 2. The number of fused-ring (bicyclic) bond motifs is 1. The second-order valence-electron chi connectivity index (χ2n) is 6.33. The van der Waals surface area contributed by atoms with Gasteiger partial charge in [0.2, 0.25) is 0 Å². The number of pyridine rings is 1. The predicted octanol–water partition coefficient (Wildman–Crippen LogP) is 4.84. The molecule has 2 aromatic heterocycles. The molecule has 0 fully saturated rings. The van der Waals surface area contributed by atoms with Crippen LogP contribution < -0.4 is 10.6 Å². The Morgan fingerprint density at radius 1 is 1.07 bits per heavy atom. The van der Waals surface area contributed by atoms with Gasteiger partial charge in [0.05, 0.1) is 16.8 Å². The minimum atomic E-state index is -0.149. The van der Waals surface area contributed by atoms with E-state index in [2.05, 4.69) is 20.6 Å². The van der Waals surface area contributed by atoms with Crippen molar-refractivity contribution in [3.05, 3.63) is 77.6 Å². The highest BCUT2D eigenvalue weighted by Crippen LogP contribution is 2.30. The number of carbonyl (C=O) groups excluding carboxylic acids is 1. The van der Waals surface area contributed by atoms with E-state index in [0.29, 0.717) is 40.0 Å². The summed E-state index contributed by atoms with van der Waals surface area (Å²) in [5.41, 5.74) is 2.68. The van der Waals surface area contributed by atoms with Crippen molar-refractivity contribution in [3.63, 3.8) is 0 Å². The van der Waals surface area contributed by atoms with Gasteiger partial charge in [0, 0.05) is 34.9 Å². The molecule has 0 saturated heterocycles. The molecule has 2 heterocycles. The lowest BCUT2D eigenvalue weighted by Gasteiger charge is -2.14. The maximum atomic E-state index is 12.4. The number of para-hydroxylation sites is 1. The minimum Gasteiger partial charge on any atom is -0.352 e. The normalized spacial score (nSPS) is 10.7. The van der Waals surface area contributed by atoms with Crippen LogP contribution in [0.25, 0.3) is 22.3 Å². The molecule has 0 aliphatic rings. The van der Waals surface area contributed by atoms with E-state index in [1.807, 2.05) is 43.3 Å². The summed E-state index contributed by atoms with van der Waals surface area (Å²) in [6, 6.07) is 16.5. The number of nitrogens with one attached hydrogen (secondary N) is 2. The second kappa shape index (κ2) is 8.24. The molecular weight excluding hydrogens is 386 g/mol. The quantitative estimate of drug-likeness (QED) is 0.498. The lowest BCUT2D eigenvalue weighted by Crippen LogP contribution is -2.23. The van der Waals surface area contributed by atoms with Crippen molar-refractivity contribution in [2.75, 3.05) is 11.9 Å². The van der Waals surface area contributed by atoms with Gasteiger partial charge in [-0.3, -0.25) is 9.78 Å². The van der Waals surface area contributed by atoms with Crippen LogP contribution in [0.1, 0.15) is 17.3 Å². The molecule has 0 radical (unpaired) electrons. The fourth-order valence-corrected chi connectivity index (χ4v) is 3.16. The zero-order valence-electron chi connectivity index (χ0n) is 15.7. The number of hydrogen-bond donors (Lipinski definition) is 2. The summed E-state index contributed by atoms with van der Waals surface area (Å²) in [6.07, 6.45) is 3.40. The van der Waals surface area contributed by atoms with Crippen LogP contribution in [-0.4, -0.2) is 27.4 Å². The molecule has 29 heavy (non-hydrogen) atoms. The monoisotopic (exact) mass is 403 g/mol. The lowest BCUT2D eigenvalue weighted by molar-refractivity contribution is 0.0956. The van der Waals surface area contributed by atoms with Crippen LogP contribution >= 0.6 is 11.6 Å². The fraction of sp³-hybridized carbons (Fsp3) is 0.0909. The molecule has 144 valence electrons. The summed E-state index contributed by atoms with van der Waals surface area (Å²) in [5, 5.41) is 7.53. The van der Waals surface area contributed by atoms with Crippen molar-refractivity contribution in [2.45, 2.75) is 6.92 Å². The molecule has 0 unspecified atom stereocenters. The second-order valence-corrected chi connectivity index (χ2v) is 6.77. The molecule has 4 aromatic rings. The summed E-state index contributed by atoms with van der Waals surface area (Å²) >= 11 is 6.19. The van der Waals surface area contributed by atoms with Crippen LogP contribution in [0.15, 0.2) is 67.0 Å². The van der Waals surface area contributed by atoms with E-state index in [1.54, 1.807) is 30.6 Å². The number of nitrogens with zero attached hydrogens (tertiary/aromatic N) is 3. The van der Waals surface area contributed by atoms with E-state index in [9.17, 15) is 4.79 Å². The van der Waals surface area contributed by atoms with E-state index in [-0.39, 0.29) is 5.91 Å². The highest BCUT2D eigenvalue weighted by Gasteiger charge is 2.14. The van der Waals surface area contributed by atoms with Gasteiger partial charge in [0.1, 0.15) is 5.82 Å². The molecule has 0 aliphatic carbocycles. The summed E-state index contributed by atoms with van der Waals surface area (Å²) in [5.74, 6) is 0.956. The number of halogens is 1. The Balaban J connectivity index is 1.85. The van der Waals surface area contributed by atoms with Crippen molar-refractivity contribution in [1.29, 1.82) is 0 Å². The number of carbonyl (C=O) groups is 1. The van der Waals surface area contributed by atoms with Gasteiger partial charge in [-0.25, -0.2) is 9.97 Å². The number of benzene rings is 2. The number of rotatable bonds is 5. The number of hydrogen-bond acceptors (Lipinski definition) is 5. The Hall–Kier alpha value is -3.51. The average Bonchev–Trinajstić information content (AvgIpc) is 2.74. The van der Waals surface area contributed by atoms with Gasteiger partial charge in [0.15, 0.2) is 5.82 Å². The fourth-order valence-electron chi connectivity index (χ4n) is 3.00. The molecule has 4 rings (SSSR count). The number of amides is 1. The van der Waals surface area contributed by atoms with Crippen molar-refractivity contribution >= 4 is 39.9 Å². The minimum absolute atomic E-state index is 0.149. The maximum Gasteiger partial charge on any atom is 0.253 e. The van der Waals surface area contributed by atoms with E-state index >= 15 is 0 Å². The largest absolute Gasteiger partial charge is 0.352 e. The van der Waals surface area contributed by atoms with Gasteiger partial charge in [-0.1, -0.05) is 23.7 Å². The SMILES string of the molecule is CCNC(=O)c1ccccc1Nc1nc(-c2cccnc2)nc2cc(Cl)ccc12. The molecule has 1 amide bonds. The van der Waals surface area contributed by atoms with Gasteiger partial charge < -0.3 is 10.6 Å². The first-order valence-electron chi connectivity index (χ1n) is 9.17. The summed E-state index contributed by atoms with van der Waals surface area (Å²) < 4.78 is 0.